The quantitative estimate of drug-likeness (QED) is 0.512. The van der Waals surface area contributed by atoms with Crippen molar-refractivity contribution < 1.29 is 5.11 Å². The number of benzene rings is 2. The predicted octanol–water partition coefficient (Wildman–Crippen LogP) is 4.40. The molecule has 0 amide bonds. The molecule has 3 aromatic rings. The van der Waals surface area contributed by atoms with Crippen molar-refractivity contribution in [3.8, 4) is 0 Å². The van der Waals surface area contributed by atoms with E-state index in [0.717, 1.165) is 41.9 Å². The molecular formula is C22H29N5O. The van der Waals surface area contributed by atoms with Crippen LogP contribution in [0.5, 0.6) is 0 Å². The van der Waals surface area contributed by atoms with Gasteiger partial charge in [-0.3, -0.25) is 0 Å². The van der Waals surface area contributed by atoms with Gasteiger partial charge in [0.15, 0.2) is 0 Å². The van der Waals surface area contributed by atoms with E-state index in [1.54, 1.807) is 0 Å². The molecule has 3 rings (SSSR count). The van der Waals surface area contributed by atoms with Gasteiger partial charge in [0.05, 0.1) is 18.2 Å². The summed E-state index contributed by atoms with van der Waals surface area (Å²) < 4.78 is 0. The maximum absolute atomic E-state index is 9.55. The first-order valence-corrected chi connectivity index (χ1v) is 9.94. The molecule has 1 heterocycles. The number of anilines is 4. The molecule has 6 heteroatoms. The normalized spacial score (nSPS) is 12.0. The van der Waals surface area contributed by atoms with E-state index in [4.69, 9.17) is 0 Å². The summed E-state index contributed by atoms with van der Waals surface area (Å²) in [5, 5.41) is 17.1. The predicted molar refractivity (Wildman–Crippen MR) is 118 cm³/mol. The highest BCUT2D eigenvalue weighted by Gasteiger charge is 2.12. The summed E-state index contributed by atoms with van der Waals surface area (Å²) in [7, 11) is 0. The molecule has 0 fully saturated rings. The van der Waals surface area contributed by atoms with Gasteiger partial charge in [-0.2, -0.15) is 4.98 Å². The number of para-hydroxylation sites is 1. The third-order valence-corrected chi connectivity index (χ3v) is 4.91. The van der Waals surface area contributed by atoms with Crippen LogP contribution >= 0.6 is 0 Å². The first kappa shape index (κ1) is 19.9. The van der Waals surface area contributed by atoms with Crippen LogP contribution in [0.3, 0.4) is 0 Å². The summed E-state index contributed by atoms with van der Waals surface area (Å²) in [5.74, 6) is 1.26. The van der Waals surface area contributed by atoms with Gasteiger partial charge in [-0.15, -0.1) is 0 Å². The lowest BCUT2D eigenvalue weighted by Crippen LogP contribution is -2.23. The summed E-state index contributed by atoms with van der Waals surface area (Å²) in [5.41, 5.74) is 2.99. The van der Waals surface area contributed by atoms with Crippen LogP contribution in [0.1, 0.15) is 27.2 Å². The van der Waals surface area contributed by atoms with E-state index in [2.05, 4.69) is 51.5 Å². The number of aliphatic hydroxyl groups excluding tert-OH is 1. The fourth-order valence-corrected chi connectivity index (χ4v) is 3.19. The van der Waals surface area contributed by atoms with Gasteiger partial charge in [0.2, 0.25) is 5.95 Å². The Morgan fingerprint density at radius 2 is 1.68 bits per heavy atom. The van der Waals surface area contributed by atoms with E-state index in [0.29, 0.717) is 5.95 Å². The number of rotatable bonds is 9. The zero-order valence-electron chi connectivity index (χ0n) is 16.8. The maximum atomic E-state index is 9.55. The number of hydrogen-bond donors (Lipinski definition) is 3. The molecule has 0 aliphatic carbocycles. The second kappa shape index (κ2) is 9.37. The lowest BCUT2D eigenvalue weighted by atomic mass is 10.2. The second-order valence-corrected chi connectivity index (χ2v) is 6.69. The number of nitrogens with one attached hydrogen (secondary N) is 2. The third kappa shape index (κ3) is 4.51. The molecule has 0 aliphatic heterocycles. The van der Waals surface area contributed by atoms with E-state index in [1.807, 2.05) is 43.3 Å². The highest BCUT2D eigenvalue weighted by Crippen LogP contribution is 2.25. The Balaban J connectivity index is 1.88. The number of hydrogen-bond acceptors (Lipinski definition) is 6. The first-order valence-electron chi connectivity index (χ1n) is 9.94. The second-order valence-electron chi connectivity index (χ2n) is 6.69. The van der Waals surface area contributed by atoms with Gasteiger partial charge in [0, 0.05) is 29.9 Å². The lowest BCUT2D eigenvalue weighted by molar-refractivity contribution is 0.271. The van der Waals surface area contributed by atoms with Crippen molar-refractivity contribution in [2.45, 2.75) is 33.2 Å². The van der Waals surface area contributed by atoms with Crippen LogP contribution in [0.25, 0.3) is 10.9 Å². The Bertz CT molecular complexity index is 889. The van der Waals surface area contributed by atoms with Gasteiger partial charge in [-0.25, -0.2) is 4.98 Å². The van der Waals surface area contributed by atoms with Crippen LogP contribution in [-0.4, -0.2) is 40.8 Å². The van der Waals surface area contributed by atoms with Gasteiger partial charge in [0.25, 0.3) is 0 Å². The molecule has 0 spiro atoms. The van der Waals surface area contributed by atoms with Gasteiger partial charge < -0.3 is 20.6 Å². The monoisotopic (exact) mass is 379 g/mol. The fourth-order valence-electron chi connectivity index (χ4n) is 3.19. The number of aliphatic hydroxyl groups is 1. The SMILES string of the molecule is CCC(CO)Nc1nc(Nc2ccc(N(CC)CC)cc2)nc2ccccc12. The zero-order valence-corrected chi connectivity index (χ0v) is 16.8. The van der Waals surface area contributed by atoms with Crippen LogP contribution in [0.4, 0.5) is 23.1 Å². The zero-order chi connectivity index (χ0) is 19.9. The highest BCUT2D eigenvalue weighted by molar-refractivity contribution is 5.90. The smallest absolute Gasteiger partial charge is 0.229 e. The molecule has 6 nitrogen and oxygen atoms in total. The van der Waals surface area contributed by atoms with E-state index >= 15 is 0 Å². The van der Waals surface area contributed by atoms with Crippen molar-refractivity contribution >= 4 is 34.0 Å². The van der Waals surface area contributed by atoms with Crippen molar-refractivity contribution in [3.63, 3.8) is 0 Å². The van der Waals surface area contributed by atoms with E-state index in [9.17, 15) is 5.11 Å². The van der Waals surface area contributed by atoms with E-state index in [1.165, 1.54) is 5.69 Å². The number of nitrogens with zero attached hydrogens (tertiary/aromatic N) is 3. The number of aromatic nitrogens is 2. The Hall–Kier alpha value is -2.86. The van der Waals surface area contributed by atoms with Gasteiger partial charge in [-0.1, -0.05) is 19.1 Å². The molecule has 1 atom stereocenters. The molecule has 148 valence electrons. The van der Waals surface area contributed by atoms with Gasteiger partial charge in [-0.05, 0) is 56.7 Å². The standard InChI is InChI=1S/C22H29N5O/c1-4-16(15-28)23-21-19-9-7-8-10-20(19)25-22(26-21)24-17-11-13-18(14-12-17)27(5-2)6-3/h7-14,16,28H,4-6,15H2,1-3H3,(H2,23,24,25,26). The van der Waals surface area contributed by atoms with Crippen LogP contribution < -0.4 is 15.5 Å². The van der Waals surface area contributed by atoms with Crippen molar-refractivity contribution in [2.24, 2.45) is 0 Å². The minimum Gasteiger partial charge on any atom is -0.394 e. The summed E-state index contributed by atoms with van der Waals surface area (Å²) in [6.07, 6.45) is 0.810. The highest BCUT2D eigenvalue weighted by atomic mass is 16.3. The van der Waals surface area contributed by atoms with Crippen LogP contribution in [-0.2, 0) is 0 Å². The topological polar surface area (TPSA) is 73.3 Å². The molecular weight excluding hydrogens is 350 g/mol. The Morgan fingerprint density at radius 1 is 0.964 bits per heavy atom. The summed E-state index contributed by atoms with van der Waals surface area (Å²) in [4.78, 5) is 11.6. The van der Waals surface area contributed by atoms with E-state index in [-0.39, 0.29) is 12.6 Å². The Kier molecular flexibility index (Phi) is 6.66. The molecule has 1 unspecified atom stereocenters. The van der Waals surface area contributed by atoms with Crippen molar-refractivity contribution in [3.05, 3.63) is 48.5 Å². The molecule has 0 saturated heterocycles. The van der Waals surface area contributed by atoms with E-state index < -0.39 is 0 Å². The van der Waals surface area contributed by atoms with Crippen molar-refractivity contribution in [1.82, 2.24) is 9.97 Å². The molecule has 0 saturated carbocycles. The van der Waals surface area contributed by atoms with Gasteiger partial charge in [0.1, 0.15) is 5.82 Å². The lowest BCUT2D eigenvalue weighted by Gasteiger charge is -2.21. The summed E-state index contributed by atoms with van der Waals surface area (Å²) in [6.45, 7) is 8.37. The summed E-state index contributed by atoms with van der Waals surface area (Å²) in [6, 6.07) is 16.1. The maximum Gasteiger partial charge on any atom is 0.229 e. The van der Waals surface area contributed by atoms with Crippen LogP contribution in [0.2, 0.25) is 0 Å². The molecule has 1 aromatic heterocycles. The molecule has 0 bridgehead atoms. The fraction of sp³-hybridized carbons (Fsp3) is 0.364. The Labute approximate surface area is 166 Å². The molecule has 3 N–H and O–H groups in total. The van der Waals surface area contributed by atoms with Crippen LogP contribution in [0, 0.1) is 0 Å². The molecule has 28 heavy (non-hydrogen) atoms. The summed E-state index contributed by atoms with van der Waals surface area (Å²) >= 11 is 0. The average Bonchev–Trinajstić information content (AvgIpc) is 2.74. The number of fused-ring (bicyclic) bond motifs is 1. The minimum atomic E-state index is -0.0421. The Morgan fingerprint density at radius 3 is 2.32 bits per heavy atom. The van der Waals surface area contributed by atoms with Crippen LogP contribution in [0.15, 0.2) is 48.5 Å². The first-order chi connectivity index (χ1) is 13.7. The van der Waals surface area contributed by atoms with Crippen molar-refractivity contribution in [2.75, 3.05) is 35.2 Å². The third-order valence-electron chi connectivity index (χ3n) is 4.91. The van der Waals surface area contributed by atoms with Gasteiger partial charge >= 0.3 is 0 Å². The average molecular weight is 380 g/mol. The van der Waals surface area contributed by atoms with Crippen molar-refractivity contribution in [1.29, 1.82) is 0 Å². The molecule has 2 aromatic carbocycles. The largest absolute Gasteiger partial charge is 0.394 e. The minimum absolute atomic E-state index is 0.0421. The molecule has 0 radical (unpaired) electrons. The molecule has 0 aliphatic rings.